The Morgan fingerprint density at radius 3 is 1.52 bits per heavy atom. The van der Waals surface area contributed by atoms with Crippen LogP contribution in [0.3, 0.4) is 0 Å². The summed E-state index contributed by atoms with van der Waals surface area (Å²) in [6, 6.07) is 0. The fourth-order valence-corrected chi connectivity index (χ4v) is 3.98. The maximum Gasteiger partial charge on any atom is 0.380 e. The molecule has 0 aliphatic carbocycles. The number of hydrogen-bond donors (Lipinski definition) is 1. The number of nitrogens with one attached hydrogen (secondary N) is 1. The van der Waals surface area contributed by atoms with Crippen molar-refractivity contribution in [3.63, 3.8) is 0 Å². The van der Waals surface area contributed by atoms with Crippen LogP contribution >= 0.6 is 0 Å². The summed E-state index contributed by atoms with van der Waals surface area (Å²) < 4.78 is 9.11. The molecular weight excluding hydrogens is 574 g/mol. The van der Waals surface area contributed by atoms with E-state index in [0.717, 1.165) is 0 Å². The van der Waals surface area contributed by atoms with Crippen molar-refractivity contribution >= 4 is 17.8 Å². The zero-order valence-electron chi connectivity index (χ0n) is 23.9. The van der Waals surface area contributed by atoms with Gasteiger partial charge in [-0.05, 0) is 12.0 Å². The van der Waals surface area contributed by atoms with E-state index in [0.29, 0.717) is 85.0 Å². The van der Waals surface area contributed by atoms with E-state index in [-0.39, 0.29) is 47.2 Å². The molecule has 0 atom stereocenters. The summed E-state index contributed by atoms with van der Waals surface area (Å²) in [6.45, 7) is 12.2. The third-order valence-electron chi connectivity index (χ3n) is 6.04. The van der Waals surface area contributed by atoms with E-state index in [1.54, 1.807) is 0 Å². The molecule has 15 heteroatoms. The molecule has 4 aliphatic rings. The second kappa shape index (κ2) is 18.9. The van der Waals surface area contributed by atoms with Gasteiger partial charge < -0.3 is 46.7 Å². The number of carbonyl (C=O) groups excluding carboxylic acids is 3. The summed E-state index contributed by atoms with van der Waals surface area (Å²) in [5.41, 5.74) is -0.721. The number of esters is 2. The zero-order chi connectivity index (χ0) is 28.6. The van der Waals surface area contributed by atoms with Crippen molar-refractivity contribution in [1.82, 2.24) is 5.32 Å². The van der Waals surface area contributed by atoms with Crippen LogP contribution in [-0.4, -0.2) is 115 Å². The van der Waals surface area contributed by atoms with Crippen LogP contribution in [0.25, 0.3) is 31.9 Å². The topological polar surface area (TPSA) is 191 Å². The van der Waals surface area contributed by atoms with Gasteiger partial charge in [-0.2, -0.15) is 49.0 Å². The molecule has 4 aliphatic heterocycles. The molecule has 1 radical (unpaired) electrons. The molecule has 40 heavy (non-hydrogen) atoms. The van der Waals surface area contributed by atoms with Gasteiger partial charge in [-0.3, -0.25) is 14.4 Å². The van der Waals surface area contributed by atoms with E-state index in [2.05, 4.69) is 47.4 Å². The van der Waals surface area contributed by atoms with Crippen LogP contribution in [0.4, 0.5) is 0 Å². The average molecular weight is 617 g/mol. The molecule has 2 bridgehead atoms. The molecule has 1 N–H and O–H groups in total. The van der Waals surface area contributed by atoms with E-state index in [1.807, 2.05) is 0 Å². The maximum absolute atomic E-state index is 12.6. The van der Waals surface area contributed by atoms with Crippen LogP contribution in [-0.2, 0) is 50.7 Å². The Morgan fingerprint density at radius 2 is 1.18 bits per heavy atom. The van der Waals surface area contributed by atoms with Crippen molar-refractivity contribution in [3.05, 3.63) is 31.9 Å². The molecule has 4 saturated heterocycles. The van der Waals surface area contributed by atoms with E-state index >= 15 is 0 Å². The minimum absolute atomic E-state index is 0. The normalized spacial score (nSPS) is 27.3. The van der Waals surface area contributed by atoms with Gasteiger partial charge in [0.1, 0.15) is 0 Å². The summed E-state index contributed by atoms with van der Waals surface area (Å²) in [6.07, 6.45) is 0.907. The van der Waals surface area contributed by atoms with Crippen molar-refractivity contribution in [1.29, 1.82) is 0 Å². The molecular formula is C25H43CuN7O7-6. The Hall–Kier alpha value is -1.39. The standard InChI is InChI=1S/C21H37N7O3.C4H6O4.Cu/c1-20-12-22-6-9-25-15-21(16-26-10-7-23-13-20,17-27-11-8-24-14-20)28-18(29)4-3-5-19(30)31-2;1-3(5)6-4(2)7-8-4;/h3-17H2,1-2H3,(H,28,29);1-2H3;/q-6;;. The Labute approximate surface area is 248 Å². The molecule has 0 aromatic carbocycles. The second-order valence-electron chi connectivity index (χ2n) is 10.3. The molecule has 0 aromatic rings. The largest absolute Gasteiger partial charge is 0.663 e. The van der Waals surface area contributed by atoms with Gasteiger partial charge in [-0.15, -0.1) is 39.3 Å². The van der Waals surface area contributed by atoms with Crippen molar-refractivity contribution in [2.75, 3.05) is 85.6 Å². The van der Waals surface area contributed by atoms with Crippen LogP contribution in [0.1, 0.15) is 40.0 Å². The smallest absolute Gasteiger partial charge is 0.380 e. The number of ether oxygens (including phenoxy) is 2. The van der Waals surface area contributed by atoms with Crippen LogP contribution < -0.4 is 5.32 Å². The van der Waals surface area contributed by atoms with Gasteiger partial charge in [0.15, 0.2) is 0 Å². The van der Waals surface area contributed by atoms with Crippen LogP contribution in [0.2, 0.25) is 0 Å². The summed E-state index contributed by atoms with van der Waals surface area (Å²) in [5, 5.41) is 31.3. The Bertz CT molecular complexity index is 730. The van der Waals surface area contributed by atoms with Crippen molar-refractivity contribution in [3.8, 4) is 0 Å². The predicted molar refractivity (Wildman–Crippen MR) is 146 cm³/mol. The molecule has 1 amide bonds. The van der Waals surface area contributed by atoms with Gasteiger partial charge in [0.2, 0.25) is 5.91 Å². The van der Waals surface area contributed by atoms with Crippen molar-refractivity contribution in [2.45, 2.75) is 51.5 Å². The molecule has 14 nitrogen and oxygen atoms in total. The molecule has 0 spiro atoms. The minimum atomic E-state index is -1.08. The van der Waals surface area contributed by atoms with Crippen LogP contribution in [0.5, 0.6) is 0 Å². The third-order valence-corrected chi connectivity index (χ3v) is 6.04. The van der Waals surface area contributed by atoms with Crippen molar-refractivity contribution < 1.29 is 50.7 Å². The monoisotopic (exact) mass is 616 g/mol. The summed E-state index contributed by atoms with van der Waals surface area (Å²) in [4.78, 5) is 42.6. The number of methoxy groups -OCH3 is 1. The summed E-state index contributed by atoms with van der Waals surface area (Å²) in [7, 11) is 1.35. The average Bonchev–Trinajstić information content (AvgIpc) is 3.60. The van der Waals surface area contributed by atoms with E-state index in [4.69, 9.17) is 16.0 Å². The fourth-order valence-electron chi connectivity index (χ4n) is 3.98. The Kier molecular flexibility index (Phi) is 17.3. The molecule has 4 rings (SSSR count). The number of amides is 1. The first-order chi connectivity index (χ1) is 18.6. The summed E-state index contributed by atoms with van der Waals surface area (Å²) >= 11 is 0. The number of carbonyl (C=O) groups is 3. The van der Waals surface area contributed by atoms with E-state index < -0.39 is 17.5 Å². The number of hydrogen-bond acceptors (Lipinski definition) is 7. The zero-order valence-corrected chi connectivity index (χ0v) is 24.9. The molecule has 237 valence electrons. The Balaban J connectivity index is 0.000000761. The molecule has 0 saturated carbocycles. The van der Waals surface area contributed by atoms with Gasteiger partial charge in [0.25, 0.3) is 0 Å². The molecule has 0 unspecified atom stereocenters. The SMILES string of the molecule is CC(=O)OC1(C)OO1.COC(=O)CCCC(=O)NC12C[N-]CC[N-]CC(C)(C[N-]CC[N-]C1)C[N-]CC[N-]C2.[Cu]. The quantitative estimate of drug-likeness (QED) is 0.205. The fraction of sp³-hybridized carbons (Fsp3) is 0.880. The second-order valence-corrected chi connectivity index (χ2v) is 10.3. The van der Waals surface area contributed by atoms with Gasteiger partial charge in [-0.25, -0.2) is 0 Å². The number of nitrogens with zero attached hydrogens (tertiary/aromatic N) is 6. The van der Waals surface area contributed by atoms with Crippen molar-refractivity contribution in [2.24, 2.45) is 5.41 Å². The van der Waals surface area contributed by atoms with Gasteiger partial charge in [0, 0.05) is 43.8 Å². The van der Waals surface area contributed by atoms with Gasteiger partial charge >= 0.3 is 17.9 Å². The van der Waals surface area contributed by atoms with Gasteiger partial charge in [-0.1, -0.05) is 12.3 Å². The molecule has 4 fully saturated rings. The van der Waals surface area contributed by atoms with Crippen LogP contribution in [0, 0.1) is 5.41 Å². The first-order valence-electron chi connectivity index (χ1n) is 13.3. The molecule has 4 heterocycles. The van der Waals surface area contributed by atoms with Gasteiger partial charge in [0.05, 0.1) is 7.11 Å². The van der Waals surface area contributed by atoms with E-state index in [9.17, 15) is 14.4 Å². The minimum Gasteiger partial charge on any atom is -0.663 e. The predicted octanol–water partition coefficient (Wildman–Crippen LogP) is 2.64. The van der Waals surface area contributed by atoms with Crippen LogP contribution in [0.15, 0.2) is 0 Å². The first kappa shape index (κ1) is 36.6. The van der Waals surface area contributed by atoms with E-state index in [1.165, 1.54) is 21.0 Å². The molecule has 0 aromatic heterocycles. The maximum atomic E-state index is 12.6. The third kappa shape index (κ3) is 15.6. The summed E-state index contributed by atoms with van der Waals surface area (Å²) in [5.74, 6) is -1.92. The number of fused-ring (bicyclic) bond motifs is 15. The number of rotatable bonds is 6. The Morgan fingerprint density at radius 1 is 0.750 bits per heavy atom. The first-order valence-corrected chi connectivity index (χ1v) is 13.3.